The molecule has 0 saturated carbocycles. The number of rotatable bonds is 5. The molecule has 2 aromatic carbocycles. The predicted molar refractivity (Wildman–Crippen MR) is 106 cm³/mol. The van der Waals surface area contributed by atoms with E-state index in [1.165, 1.54) is 28.3 Å². The number of hydrogen-bond donors (Lipinski definition) is 1. The smallest absolute Gasteiger partial charge is 0.231 e. The van der Waals surface area contributed by atoms with Gasteiger partial charge < -0.3 is 33.5 Å². The zero-order chi connectivity index (χ0) is 21.6. The predicted octanol–water partition coefficient (Wildman–Crippen LogP) is 3.23. The van der Waals surface area contributed by atoms with Crippen molar-refractivity contribution in [1.29, 1.82) is 0 Å². The van der Waals surface area contributed by atoms with E-state index in [4.69, 9.17) is 28.4 Å². The average molecular weight is 416 g/mol. The van der Waals surface area contributed by atoms with Crippen LogP contribution in [-0.2, 0) is 9.53 Å². The van der Waals surface area contributed by atoms with Gasteiger partial charge in [0.25, 0.3) is 0 Å². The van der Waals surface area contributed by atoms with Gasteiger partial charge in [0, 0.05) is 31.6 Å². The van der Waals surface area contributed by atoms with E-state index in [0.717, 1.165) is 5.56 Å². The summed E-state index contributed by atoms with van der Waals surface area (Å²) in [4.78, 5) is 12.8. The molecule has 0 saturated heterocycles. The topological polar surface area (TPSA) is 92.7 Å². The molecule has 0 amide bonds. The van der Waals surface area contributed by atoms with Gasteiger partial charge in [-0.3, -0.25) is 4.79 Å². The summed E-state index contributed by atoms with van der Waals surface area (Å²) in [5, 5.41) is 10.4. The molecule has 8 heteroatoms. The van der Waals surface area contributed by atoms with E-state index in [-0.39, 0.29) is 29.8 Å². The van der Waals surface area contributed by atoms with Gasteiger partial charge in [-0.05, 0) is 30.7 Å². The van der Waals surface area contributed by atoms with Gasteiger partial charge in [-0.15, -0.1) is 0 Å². The van der Waals surface area contributed by atoms with Gasteiger partial charge in [0.05, 0.1) is 20.1 Å². The van der Waals surface area contributed by atoms with Gasteiger partial charge in [-0.1, -0.05) is 0 Å². The standard InChI is InChI=1S/C22H24O8/c1-11(23)20-19(12-6-17(25-3)21(24)18(7-12)26-4)13-8-15-16(29-10-28-15)9-14(13)30-22(20,2)27-5/h6-9,19-20,24H,10H2,1-5H3. The number of ketones is 1. The molecule has 2 heterocycles. The Balaban J connectivity index is 1.99. The largest absolute Gasteiger partial charge is 0.502 e. The number of carbonyl (C=O) groups is 1. The monoisotopic (exact) mass is 416 g/mol. The van der Waals surface area contributed by atoms with Crippen molar-refractivity contribution in [2.45, 2.75) is 25.6 Å². The maximum absolute atomic E-state index is 12.8. The molecule has 30 heavy (non-hydrogen) atoms. The Morgan fingerprint density at radius 2 is 1.63 bits per heavy atom. The van der Waals surface area contributed by atoms with E-state index in [1.54, 1.807) is 25.1 Å². The van der Waals surface area contributed by atoms with E-state index >= 15 is 0 Å². The third-order valence-electron chi connectivity index (χ3n) is 5.76. The van der Waals surface area contributed by atoms with Crippen LogP contribution < -0.4 is 23.7 Å². The van der Waals surface area contributed by atoms with Crippen LogP contribution in [0.2, 0.25) is 0 Å². The van der Waals surface area contributed by atoms with Crippen LogP contribution in [0.5, 0.6) is 34.5 Å². The van der Waals surface area contributed by atoms with Crippen LogP contribution in [0, 0.1) is 5.92 Å². The Labute approximate surface area is 174 Å². The van der Waals surface area contributed by atoms with Crippen molar-refractivity contribution in [3.05, 3.63) is 35.4 Å². The van der Waals surface area contributed by atoms with Crippen LogP contribution in [0.15, 0.2) is 24.3 Å². The second-order valence-electron chi connectivity index (χ2n) is 7.41. The molecule has 2 aromatic rings. The molecule has 0 aromatic heterocycles. The first-order chi connectivity index (χ1) is 14.3. The molecule has 160 valence electrons. The molecule has 3 unspecified atom stereocenters. The first-order valence-corrected chi connectivity index (χ1v) is 9.46. The summed E-state index contributed by atoms with van der Waals surface area (Å²) in [6.45, 7) is 3.35. The van der Waals surface area contributed by atoms with Gasteiger partial charge in [-0.25, -0.2) is 0 Å². The molecule has 1 N–H and O–H groups in total. The van der Waals surface area contributed by atoms with Crippen molar-refractivity contribution in [3.63, 3.8) is 0 Å². The van der Waals surface area contributed by atoms with E-state index in [9.17, 15) is 9.90 Å². The quantitative estimate of drug-likeness (QED) is 0.794. The highest BCUT2D eigenvalue weighted by atomic mass is 16.7. The normalized spacial score (nSPS) is 24.0. The van der Waals surface area contributed by atoms with Crippen molar-refractivity contribution in [2.24, 2.45) is 5.92 Å². The number of aromatic hydroxyl groups is 1. The highest BCUT2D eigenvalue weighted by molar-refractivity contribution is 5.82. The number of carbonyl (C=O) groups excluding carboxylic acids is 1. The second kappa shape index (κ2) is 7.28. The maximum Gasteiger partial charge on any atom is 0.231 e. The van der Waals surface area contributed by atoms with Crippen LogP contribution in [0.25, 0.3) is 0 Å². The Hall–Kier alpha value is -3.13. The van der Waals surface area contributed by atoms with Crippen molar-refractivity contribution in [2.75, 3.05) is 28.1 Å². The van der Waals surface area contributed by atoms with Crippen molar-refractivity contribution in [1.82, 2.24) is 0 Å². The minimum Gasteiger partial charge on any atom is -0.502 e. The Bertz CT molecular complexity index is 976. The molecule has 2 aliphatic rings. The minimum atomic E-state index is -1.23. The van der Waals surface area contributed by atoms with Gasteiger partial charge in [-0.2, -0.15) is 0 Å². The molecule has 0 aliphatic carbocycles. The highest BCUT2D eigenvalue weighted by Gasteiger charge is 2.51. The molecule has 0 fully saturated rings. The molecule has 0 radical (unpaired) electrons. The fourth-order valence-electron chi connectivity index (χ4n) is 4.27. The molecule has 0 spiro atoms. The zero-order valence-electron chi connectivity index (χ0n) is 17.5. The van der Waals surface area contributed by atoms with E-state index in [2.05, 4.69) is 0 Å². The minimum absolute atomic E-state index is 0.112. The van der Waals surface area contributed by atoms with Gasteiger partial charge in [0.1, 0.15) is 11.5 Å². The fourth-order valence-corrected chi connectivity index (χ4v) is 4.27. The highest BCUT2D eigenvalue weighted by Crippen LogP contribution is 2.54. The average Bonchev–Trinajstić information content (AvgIpc) is 3.18. The summed E-state index contributed by atoms with van der Waals surface area (Å²) in [6, 6.07) is 6.94. The van der Waals surface area contributed by atoms with E-state index in [1.807, 2.05) is 6.07 Å². The lowest BCUT2D eigenvalue weighted by atomic mass is 9.72. The maximum atomic E-state index is 12.8. The Morgan fingerprint density at radius 3 is 2.17 bits per heavy atom. The molecule has 2 aliphatic heterocycles. The summed E-state index contributed by atoms with van der Waals surface area (Å²) < 4.78 is 33.6. The lowest BCUT2D eigenvalue weighted by molar-refractivity contribution is -0.199. The first kappa shape index (κ1) is 20.2. The number of fused-ring (bicyclic) bond motifs is 2. The van der Waals surface area contributed by atoms with Crippen molar-refractivity contribution in [3.8, 4) is 34.5 Å². The van der Waals surface area contributed by atoms with Crippen LogP contribution in [-0.4, -0.2) is 44.8 Å². The van der Waals surface area contributed by atoms with Crippen molar-refractivity contribution < 1.29 is 38.3 Å². The summed E-state index contributed by atoms with van der Waals surface area (Å²) >= 11 is 0. The van der Waals surface area contributed by atoms with Crippen molar-refractivity contribution >= 4 is 5.78 Å². The molecule has 0 bridgehead atoms. The number of methoxy groups -OCH3 is 3. The number of phenolic OH excluding ortho intramolecular Hbond substituents is 1. The number of hydrogen-bond acceptors (Lipinski definition) is 8. The molecule has 4 rings (SSSR count). The third kappa shape index (κ3) is 2.99. The van der Waals surface area contributed by atoms with E-state index in [0.29, 0.717) is 22.8 Å². The number of Topliss-reactive ketones (excluding diaryl/α,β-unsaturated/α-hetero) is 1. The lowest BCUT2D eigenvalue weighted by Crippen LogP contribution is -2.51. The van der Waals surface area contributed by atoms with Gasteiger partial charge in [0.2, 0.25) is 18.3 Å². The number of ether oxygens (including phenoxy) is 6. The SMILES string of the molecule is COc1cc(C2c3cc4c(cc3OC(C)(OC)C2C(C)=O)OCO4)cc(OC)c1O. The molecular formula is C22H24O8. The fraction of sp³-hybridized carbons (Fsp3) is 0.409. The van der Waals surface area contributed by atoms with Crippen LogP contribution in [0.1, 0.15) is 30.9 Å². The summed E-state index contributed by atoms with van der Waals surface area (Å²) in [6.07, 6.45) is 0. The molecule has 3 atom stereocenters. The summed E-state index contributed by atoms with van der Waals surface area (Å²) in [5.41, 5.74) is 1.44. The first-order valence-electron chi connectivity index (χ1n) is 9.46. The third-order valence-corrected chi connectivity index (χ3v) is 5.76. The zero-order valence-corrected chi connectivity index (χ0v) is 17.5. The summed E-state index contributed by atoms with van der Waals surface area (Å²) in [7, 11) is 4.41. The van der Waals surface area contributed by atoms with Crippen LogP contribution >= 0.6 is 0 Å². The molecular weight excluding hydrogens is 392 g/mol. The lowest BCUT2D eigenvalue weighted by Gasteiger charge is -2.44. The Kier molecular flexibility index (Phi) is 4.89. The van der Waals surface area contributed by atoms with Crippen LogP contribution in [0.3, 0.4) is 0 Å². The summed E-state index contributed by atoms with van der Waals surface area (Å²) in [5.74, 6) is -0.486. The number of benzene rings is 2. The number of phenols is 1. The van der Waals surface area contributed by atoms with Gasteiger partial charge >= 0.3 is 0 Å². The van der Waals surface area contributed by atoms with Gasteiger partial charge in [0.15, 0.2) is 23.0 Å². The Morgan fingerprint density at radius 1 is 1.03 bits per heavy atom. The van der Waals surface area contributed by atoms with E-state index < -0.39 is 17.6 Å². The van der Waals surface area contributed by atoms with Crippen LogP contribution in [0.4, 0.5) is 0 Å². The molecule has 8 nitrogen and oxygen atoms in total. The second-order valence-corrected chi connectivity index (χ2v) is 7.41.